The number of ether oxygens (including phenoxy) is 2. The quantitative estimate of drug-likeness (QED) is 0.118. The Balaban J connectivity index is 0.00000171. The highest BCUT2D eigenvalue weighted by molar-refractivity contribution is 7.59. The molecule has 18 heteroatoms. The van der Waals surface area contributed by atoms with Crippen LogP contribution in [-0.4, -0.2) is 93.1 Å². The van der Waals surface area contributed by atoms with Crippen LogP contribution in [0.3, 0.4) is 0 Å². The third-order valence-electron chi connectivity index (χ3n) is 11.9. The van der Waals surface area contributed by atoms with Gasteiger partial charge in [0, 0.05) is 18.7 Å². The van der Waals surface area contributed by atoms with Crippen LogP contribution in [0.15, 0.2) is 60.8 Å². The van der Waals surface area contributed by atoms with Crippen molar-refractivity contribution in [3.05, 3.63) is 72.4 Å². The number of methoxy groups -OCH3 is 2. The van der Waals surface area contributed by atoms with E-state index in [0.717, 1.165) is 107 Å². The number of alkyl carbamates (subject to hydrolysis) is 2. The number of likely N-dealkylation sites (tertiary alicyclic amines) is 2. The van der Waals surface area contributed by atoms with Crippen LogP contribution in [0.1, 0.15) is 75.1 Å². The predicted molar refractivity (Wildman–Crippen MR) is 250 cm³/mol. The monoisotopic (exact) mass is 894 g/mol. The van der Waals surface area contributed by atoms with Gasteiger partial charge in [0.05, 0.1) is 49.2 Å². The molecule has 2 aromatic heterocycles. The van der Waals surface area contributed by atoms with E-state index in [9.17, 15) is 19.2 Å². The predicted octanol–water partition coefficient (Wildman–Crippen LogP) is 6.82. The summed E-state index contributed by atoms with van der Waals surface area (Å²) in [6, 6.07) is 17.4. The Morgan fingerprint density at radius 3 is 1.70 bits per heavy atom. The van der Waals surface area contributed by atoms with E-state index in [1.54, 1.807) is 0 Å². The van der Waals surface area contributed by atoms with Crippen molar-refractivity contribution < 1.29 is 28.7 Å². The average Bonchev–Trinajstić information content (AvgIpc) is 3.97. The largest absolute Gasteiger partial charge is 0.453 e. The van der Waals surface area contributed by atoms with Crippen molar-refractivity contribution in [2.45, 2.75) is 75.5 Å². The third-order valence-corrected chi connectivity index (χ3v) is 11.9. The van der Waals surface area contributed by atoms with Crippen molar-refractivity contribution >= 4 is 99.8 Å². The van der Waals surface area contributed by atoms with Crippen LogP contribution in [0.4, 0.5) is 9.59 Å². The van der Waals surface area contributed by atoms with E-state index in [0.29, 0.717) is 13.1 Å². The van der Waals surface area contributed by atoms with E-state index in [2.05, 4.69) is 69.1 Å². The lowest BCUT2D eigenvalue weighted by molar-refractivity contribution is -0.135. The summed E-state index contributed by atoms with van der Waals surface area (Å²) in [5.74, 6) is 1.64. The number of amides is 4. The zero-order valence-corrected chi connectivity index (χ0v) is 37.5. The molecule has 60 heavy (non-hydrogen) atoms. The zero-order valence-electron chi connectivity index (χ0n) is 33.5. The number of hydrogen-bond acceptors (Lipinski definition) is 8. The lowest BCUT2D eigenvalue weighted by atomic mass is 9.99. The molecule has 2 aliphatic heterocycles. The summed E-state index contributed by atoms with van der Waals surface area (Å²) in [5.41, 5.74) is 5.74. The highest BCUT2D eigenvalue weighted by Crippen LogP contribution is 2.40. The van der Waals surface area contributed by atoms with Gasteiger partial charge in [0.1, 0.15) is 23.7 Å². The number of fused-ring (bicyclic) bond motifs is 2. The highest BCUT2D eigenvalue weighted by Gasteiger charge is 2.44. The second kappa shape index (κ2) is 19.5. The summed E-state index contributed by atoms with van der Waals surface area (Å²) in [4.78, 5) is 71.7. The Morgan fingerprint density at radius 2 is 1.15 bits per heavy atom. The number of aromatic nitrogens is 4. The fourth-order valence-corrected chi connectivity index (χ4v) is 8.59. The van der Waals surface area contributed by atoms with Crippen LogP contribution in [0.2, 0.25) is 0 Å². The summed E-state index contributed by atoms with van der Waals surface area (Å²) in [6.45, 7) is 1.24. The summed E-state index contributed by atoms with van der Waals surface area (Å²) in [7, 11) is 2.63. The number of carbonyl (C=O) groups excluding carboxylic acids is 4. The fourth-order valence-electron chi connectivity index (χ4n) is 8.59. The molecule has 0 spiro atoms. The number of nitrogens with one attached hydrogen (secondary N) is 4. The number of carbonyl (C=O) groups is 4. The Bertz CT molecular complexity index is 2350. The normalized spacial score (nSPS) is 19.2. The van der Waals surface area contributed by atoms with E-state index < -0.39 is 24.3 Å². The third kappa shape index (κ3) is 9.35. The molecular weight excluding hydrogens is 841 g/mol. The second-order valence-electron chi connectivity index (χ2n) is 15.6. The minimum absolute atomic E-state index is 0. The van der Waals surface area contributed by atoms with Gasteiger partial charge in [-0.25, -0.2) is 19.6 Å². The van der Waals surface area contributed by atoms with Gasteiger partial charge in [-0.2, -0.15) is 54.0 Å². The summed E-state index contributed by atoms with van der Waals surface area (Å²) >= 11 is 0. The molecule has 5 aromatic rings. The van der Waals surface area contributed by atoms with E-state index in [-0.39, 0.29) is 89.7 Å². The molecule has 4 heterocycles. The van der Waals surface area contributed by atoms with Gasteiger partial charge in [0.25, 0.3) is 0 Å². The molecule has 4 N–H and O–H groups in total. The number of benzene rings is 3. The lowest BCUT2D eigenvalue weighted by Crippen LogP contribution is -2.49. The van der Waals surface area contributed by atoms with Gasteiger partial charge in [0.2, 0.25) is 11.8 Å². The molecule has 0 radical (unpaired) electrons. The maximum absolute atomic E-state index is 13.7. The van der Waals surface area contributed by atoms with Crippen molar-refractivity contribution in [3.8, 4) is 22.4 Å². The van der Waals surface area contributed by atoms with Crippen molar-refractivity contribution in [2.75, 3.05) is 27.3 Å². The van der Waals surface area contributed by atoms with Crippen molar-refractivity contribution in [3.63, 3.8) is 0 Å². The molecule has 2 saturated carbocycles. The molecule has 2 saturated heterocycles. The second-order valence-corrected chi connectivity index (χ2v) is 15.6. The van der Waals surface area contributed by atoms with Gasteiger partial charge >= 0.3 is 12.2 Å². The molecule has 14 nitrogen and oxygen atoms in total. The summed E-state index contributed by atoms with van der Waals surface area (Å²) < 4.78 is 9.60. The van der Waals surface area contributed by atoms with Gasteiger partial charge in [0.15, 0.2) is 0 Å². The molecule has 4 atom stereocenters. The number of rotatable bonds is 10. The number of H-pyrrole nitrogens is 2. The smallest absolute Gasteiger partial charge is 0.407 e. The SMILES string of the molecule is COC(=O)N[C@H](C(=O)N1CCC[C@H]1c1ncc(-c2ccc3cc(-c4ccc5nc([C@@H]6CCCN6C(=O)[C@@H](NC(=O)OC)C6CC6)[nH]c5c4)ccc3c2)[nH]1)C1CC1.S.S.S.S. The molecule has 322 valence electrons. The maximum Gasteiger partial charge on any atom is 0.407 e. The Kier molecular flexibility index (Phi) is 15.1. The fraction of sp³-hybridized carbons (Fsp3) is 0.429. The molecule has 3 aromatic carbocycles. The first kappa shape index (κ1) is 46.5. The van der Waals surface area contributed by atoms with Crippen LogP contribution >= 0.6 is 54.0 Å². The van der Waals surface area contributed by atoms with E-state index >= 15 is 0 Å². The first-order valence-electron chi connectivity index (χ1n) is 19.7. The number of nitrogens with zero attached hydrogens (tertiary/aromatic N) is 4. The van der Waals surface area contributed by atoms with Crippen molar-refractivity contribution in [1.82, 2.24) is 40.4 Å². The summed E-state index contributed by atoms with van der Waals surface area (Å²) in [5, 5.41) is 7.72. The van der Waals surface area contributed by atoms with Crippen molar-refractivity contribution in [1.29, 1.82) is 0 Å². The zero-order chi connectivity index (χ0) is 38.5. The van der Waals surface area contributed by atoms with E-state index in [1.807, 2.05) is 22.1 Å². The van der Waals surface area contributed by atoms with Crippen LogP contribution in [0.5, 0.6) is 0 Å². The van der Waals surface area contributed by atoms with Gasteiger partial charge in [-0.15, -0.1) is 0 Å². The summed E-state index contributed by atoms with van der Waals surface area (Å²) in [6.07, 6.45) is 7.66. The highest BCUT2D eigenvalue weighted by atomic mass is 32.1. The van der Waals surface area contributed by atoms with Crippen LogP contribution < -0.4 is 10.6 Å². The molecule has 0 unspecified atom stereocenters. The Hall–Kier alpha value is -4.52. The average molecular weight is 895 g/mol. The maximum atomic E-state index is 13.7. The number of imidazole rings is 2. The lowest BCUT2D eigenvalue weighted by Gasteiger charge is -2.28. The van der Waals surface area contributed by atoms with Gasteiger partial charge < -0.3 is 39.9 Å². The van der Waals surface area contributed by atoms with Crippen LogP contribution in [0, 0.1) is 11.8 Å². The Morgan fingerprint density at radius 1 is 0.650 bits per heavy atom. The van der Waals surface area contributed by atoms with E-state index in [1.165, 1.54) is 14.2 Å². The Labute approximate surface area is 376 Å². The van der Waals surface area contributed by atoms with Crippen LogP contribution in [0.25, 0.3) is 44.2 Å². The molecule has 4 fully saturated rings. The van der Waals surface area contributed by atoms with Crippen molar-refractivity contribution in [2.24, 2.45) is 11.8 Å². The molecule has 0 bridgehead atoms. The molecule has 4 amide bonds. The standard InChI is InChI=1S/C42H46N8O6.4H2S/c1-55-41(53)47-35(23-7-8-23)39(51)49-17-3-5-33(49)37-43-22-32(46-37)29-14-13-25-19-26(11-12-27(25)20-29)28-15-16-30-31(21-28)45-38(44-30)34-6-4-18-50(34)40(52)36(24-9-10-24)48-42(54)56-2;;;;/h11-16,19-24,33-36H,3-10,17-18H2,1-2H3,(H,43,46)(H,44,45)(H,47,53)(H,48,54);4*1H2/t33-,34-,35-,36-;;;;/m0..../s1. The van der Waals surface area contributed by atoms with Gasteiger partial charge in [-0.05, 0) is 109 Å². The molecule has 4 aliphatic rings. The molecule has 2 aliphatic carbocycles. The molecule has 9 rings (SSSR count). The number of aromatic amines is 2. The first-order valence-corrected chi connectivity index (χ1v) is 19.7. The molecular formula is C42H54N8O6S4. The minimum Gasteiger partial charge on any atom is -0.453 e. The number of hydrogen-bond donors (Lipinski definition) is 4. The first-order chi connectivity index (χ1) is 27.3. The van der Waals surface area contributed by atoms with Gasteiger partial charge in [-0.3, -0.25) is 9.59 Å². The van der Waals surface area contributed by atoms with Crippen LogP contribution in [-0.2, 0) is 19.1 Å². The topological polar surface area (TPSA) is 175 Å². The minimum atomic E-state index is -0.583. The van der Waals surface area contributed by atoms with E-state index in [4.69, 9.17) is 19.4 Å². The van der Waals surface area contributed by atoms with Gasteiger partial charge in [-0.1, -0.05) is 30.3 Å².